The number of anilines is 1. The van der Waals surface area contributed by atoms with Crippen molar-refractivity contribution in [3.8, 4) is 0 Å². The maximum atomic E-state index is 11.5. The number of rotatable bonds is 4. The van der Waals surface area contributed by atoms with Crippen LogP contribution in [0.4, 0.5) is 5.82 Å². The molecule has 0 atom stereocenters. The second kappa shape index (κ2) is 5.29. The molecule has 91 valence electrons. The van der Waals surface area contributed by atoms with Crippen LogP contribution < -0.4 is 10.6 Å². The molecule has 0 aliphatic carbocycles. The first-order chi connectivity index (χ1) is 7.91. The van der Waals surface area contributed by atoms with Crippen molar-refractivity contribution in [3.05, 3.63) is 23.9 Å². The molecule has 6 nitrogen and oxygen atoms in total. The fourth-order valence-corrected chi connectivity index (χ4v) is 1.14. The lowest BCUT2D eigenvalue weighted by Crippen LogP contribution is -2.34. The van der Waals surface area contributed by atoms with Crippen molar-refractivity contribution < 1.29 is 9.59 Å². The molecular weight excluding hydrogens is 220 g/mol. The predicted octanol–water partition coefficient (Wildman–Crippen LogP) is -0.495. The van der Waals surface area contributed by atoms with Crippen molar-refractivity contribution in [2.24, 2.45) is 5.73 Å². The molecule has 6 heteroatoms. The number of hydrogen-bond acceptors (Lipinski definition) is 4. The van der Waals surface area contributed by atoms with Crippen molar-refractivity contribution >= 4 is 17.6 Å². The Morgan fingerprint density at radius 3 is 2.59 bits per heavy atom. The van der Waals surface area contributed by atoms with Crippen LogP contribution in [0.3, 0.4) is 0 Å². The zero-order valence-electron chi connectivity index (χ0n) is 10.1. The molecule has 1 aromatic heterocycles. The van der Waals surface area contributed by atoms with E-state index in [1.165, 1.54) is 4.90 Å². The number of aromatic nitrogens is 1. The molecule has 1 radical (unpaired) electrons. The molecule has 0 saturated carbocycles. The third kappa shape index (κ3) is 3.44. The molecule has 0 saturated heterocycles. The normalized spacial score (nSPS) is 9.82. The highest BCUT2D eigenvalue weighted by atomic mass is 16.2. The van der Waals surface area contributed by atoms with Gasteiger partial charge < -0.3 is 15.5 Å². The van der Waals surface area contributed by atoms with E-state index in [0.717, 1.165) is 0 Å². The van der Waals surface area contributed by atoms with Gasteiger partial charge in [0.1, 0.15) is 11.5 Å². The van der Waals surface area contributed by atoms with Gasteiger partial charge in [0.25, 0.3) is 5.91 Å². The van der Waals surface area contributed by atoms with E-state index in [0.29, 0.717) is 5.82 Å². The second-order valence-corrected chi connectivity index (χ2v) is 3.80. The predicted molar refractivity (Wildman–Crippen MR) is 63.6 cm³/mol. The summed E-state index contributed by atoms with van der Waals surface area (Å²) in [6, 6.07) is 5.85. The van der Waals surface area contributed by atoms with E-state index in [1.807, 2.05) is 0 Å². The Kier molecular flexibility index (Phi) is 4.03. The van der Waals surface area contributed by atoms with Crippen LogP contribution in [0.5, 0.6) is 0 Å². The first-order valence-electron chi connectivity index (χ1n) is 5.01. The number of likely N-dealkylation sites (N-methyl/N-ethyl adjacent to an activating group) is 2. The minimum atomic E-state index is -0.640. The number of carbonyl (C=O) groups excluding carboxylic acids is 2. The van der Waals surface area contributed by atoms with Crippen LogP contribution in [0.25, 0.3) is 0 Å². The van der Waals surface area contributed by atoms with Crippen LogP contribution in [0.1, 0.15) is 10.5 Å². The second-order valence-electron chi connectivity index (χ2n) is 3.80. The molecule has 1 aromatic rings. The zero-order valence-corrected chi connectivity index (χ0v) is 10.1. The average molecular weight is 235 g/mol. The van der Waals surface area contributed by atoms with E-state index in [1.54, 1.807) is 38.2 Å². The highest BCUT2D eigenvalue weighted by molar-refractivity contribution is 5.91. The summed E-state index contributed by atoms with van der Waals surface area (Å²) in [6.45, 7) is 0.183. The third-order valence-electron chi connectivity index (χ3n) is 2.17. The number of nitrogens with zero attached hydrogens (tertiary/aromatic N) is 3. The van der Waals surface area contributed by atoms with Gasteiger partial charge in [-0.2, -0.15) is 0 Å². The quantitative estimate of drug-likeness (QED) is 0.763. The first-order valence-corrected chi connectivity index (χ1v) is 5.01. The molecule has 0 fully saturated rings. The van der Waals surface area contributed by atoms with E-state index in [-0.39, 0.29) is 18.1 Å². The Morgan fingerprint density at radius 2 is 2.06 bits per heavy atom. The van der Waals surface area contributed by atoms with Gasteiger partial charge in [-0.05, 0) is 12.1 Å². The highest BCUT2D eigenvalue weighted by Gasteiger charge is 2.11. The molecule has 0 unspecified atom stereocenters. The van der Waals surface area contributed by atoms with Gasteiger partial charge >= 0.3 is 0 Å². The smallest absolute Gasteiger partial charge is 0.268 e. The minimum Gasteiger partial charge on any atom is -0.364 e. The summed E-state index contributed by atoms with van der Waals surface area (Å²) >= 11 is 0. The summed E-state index contributed by atoms with van der Waals surface area (Å²) in [7, 11) is 5.07. The number of hydrogen-bond donors (Lipinski definition) is 1. The molecule has 0 bridgehead atoms. The standard InChI is InChI=1S/C11H15N4O2/c1-14(2)10(16)7-15(3)9-6-4-5-8(13-9)11(12)17/h4,6H,7H2,1-3H3,(H2,12,17). The summed E-state index contributed by atoms with van der Waals surface area (Å²) < 4.78 is 0. The molecule has 2 N–H and O–H groups in total. The molecule has 17 heavy (non-hydrogen) atoms. The Balaban J connectivity index is 2.82. The molecule has 0 aliphatic heterocycles. The summed E-state index contributed by atoms with van der Waals surface area (Å²) in [5, 5.41) is 0. The summed E-state index contributed by atoms with van der Waals surface area (Å²) in [5.41, 5.74) is 5.17. The topological polar surface area (TPSA) is 79.5 Å². The minimum absolute atomic E-state index is 0.0530. The molecule has 0 spiro atoms. The van der Waals surface area contributed by atoms with Crippen molar-refractivity contribution in [1.82, 2.24) is 9.88 Å². The zero-order chi connectivity index (χ0) is 13.0. The molecular formula is C11H15N4O2. The van der Waals surface area contributed by atoms with Crippen molar-refractivity contribution in [2.75, 3.05) is 32.6 Å². The Hall–Kier alpha value is -2.11. The van der Waals surface area contributed by atoms with Gasteiger partial charge in [-0.25, -0.2) is 4.98 Å². The fourth-order valence-electron chi connectivity index (χ4n) is 1.14. The van der Waals surface area contributed by atoms with Gasteiger partial charge in [-0.3, -0.25) is 9.59 Å². The summed E-state index contributed by atoms with van der Waals surface area (Å²) in [5.74, 6) is -0.185. The molecule has 1 heterocycles. The highest BCUT2D eigenvalue weighted by Crippen LogP contribution is 2.08. The van der Waals surface area contributed by atoms with Crippen LogP contribution in [0.15, 0.2) is 12.1 Å². The van der Waals surface area contributed by atoms with Gasteiger partial charge in [0.15, 0.2) is 0 Å². The number of primary amides is 1. The summed E-state index contributed by atoms with van der Waals surface area (Å²) in [6.07, 6.45) is 0. The number of carbonyl (C=O) groups is 2. The SMILES string of the molecule is CN(C)C(=O)CN(C)c1cc[c]c(C(N)=O)n1. The van der Waals surface area contributed by atoms with Crippen molar-refractivity contribution in [3.63, 3.8) is 0 Å². The van der Waals surface area contributed by atoms with Crippen molar-refractivity contribution in [1.29, 1.82) is 0 Å². The molecule has 0 aliphatic rings. The monoisotopic (exact) mass is 235 g/mol. The average Bonchev–Trinajstić information content (AvgIpc) is 2.28. The van der Waals surface area contributed by atoms with Crippen LogP contribution in [-0.2, 0) is 4.79 Å². The first kappa shape index (κ1) is 13.0. The van der Waals surface area contributed by atoms with E-state index >= 15 is 0 Å². The molecule has 1 rings (SSSR count). The van der Waals surface area contributed by atoms with Gasteiger partial charge in [0.2, 0.25) is 5.91 Å². The Bertz CT molecular complexity index is 431. The van der Waals surface area contributed by atoms with Gasteiger partial charge in [-0.15, -0.1) is 0 Å². The van der Waals surface area contributed by atoms with Crippen LogP contribution in [0.2, 0.25) is 0 Å². The van der Waals surface area contributed by atoms with E-state index in [4.69, 9.17) is 5.73 Å². The van der Waals surface area contributed by atoms with E-state index in [2.05, 4.69) is 11.1 Å². The maximum absolute atomic E-state index is 11.5. The third-order valence-corrected chi connectivity index (χ3v) is 2.17. The Labute approximate surface area is 100 Å². The lowest BCUT2D eigenvalue weighted by molar-refractivity contribution is -0.127. The van der Waals surface area contributed by atoms with Crippen LogP contribution in [-0.4, -0.2) is 49.4 Å². The molecule has 0 aromatic carbocycles. The lowest BCUT2D eigenvalue weighted by Gasteiger charge is -2.20. The number of pyridine rings is 1. The van der Waals surface area contributed by atoms with Crippen LogP contribution >= 0.6 is 0 Å². The van der Waals surface area contributed by atoms with E-state index < -0.39 is 5.91 Å². The van der Waals surface area contributed by atoms with Crippen molar-refractivity contribution in [2.45, 2.75) is 0 Å². The Morgan fingerprint density at radius 1 is 1.41 bits per heavy atom. The summed E-state index contributed by atoms with van der Waals surface area (Å²) in [4.78, 5) is 29.6. The largest absolute Gasteiger partial charge is 0.364 e. The van der Waals surface area contributed by atoms with Gasteiger partial charge in [-0.1, -0.05) is 0 Å². The fraction of sp³-hybridized carbons (Fsp3) is 0.364. The van der Waals surface area contributed by atoms with Gasteiger partial charge in [0.05, 0.1) is 6.54 Å². The molecule has 2 amide bonds. The number of nitrogens with two attached hydrogens (primary N) is 1. The lowest BCUT2D eigenvalue weighted by atomic mass is 10.3. The van der Waals surface area contributed by atoms with Gasteiger partial charge in [0, 0.05) is 27.2 Å². The maximum Gasteiger partial charge on any atom is 0.268 e. The number of amides is 2. The van der Waals surface area contributed by atoms with Crippen LogP contribution in [0, 0.1) is 6.07 Å². The van der Waals surface area contributed by atoms with E-state index in [9.17, 15) is 9.59 Å².